The molecule has 23 heavy (non-hydrogen) atoms. The molecule has 11 heteroatoms. The fourth-order valence-corrected chi connectivity index (χ4v) is 2.14. The van der Waals surface area contributed by atoms with Crippen molar-refractivity contribution in [2.24, 2.45) is 0 Å². The molecule has 0 aliphatic carbocycles. The van der Waals surface area contributed by atoms with Crippen molar-refractivity contribution in [3.63, 3.8) is 0 Å². The van der Waals surface area contributed by atoms with Gasteiger partial charge in [-0.15, -0.1) is 0 Å². The van der Waals surface area contributed by atoms with E-state index in [0.717, 1.165) is 0 Å². The fourth-order valence-electron chi connectivity index (χ4n) is 1.85. The van der Waals surface area contributed by atoms with Gasteiger partial charge in [-0.25, -0.2) is 0 Å². The maximum atomic E-state index is 11.2. The summed E-state index contributed by atoms with van der Waals surface area (Å²) in [5, 5.41) is 35.0. The molecular formula is C12H7ClN4O6. The van der Waals surface area contributed by atoms with Gasteiger partial charge in [-0.2, -0.15) is 0 Å². The molecule has 0 saturated heterocycles. The van der Waals surface area contributed by atoms with E-state index in [4.69, 9.17) is 11.6 Å². The second kappa shape index (κ2) is 6.23. The van der Waals surface area contributed by atoms with Gasteiger partial charge in [0.1, 0.15) is 0 Å². The SMILES string of the molecule is O=[N+]([O-])c1cc([N+](=O)[O-])c(Nc2ccccc2)c([N+](=O)[O-])c1Cl. The van der Waals surface area contributed by atoms with Crippen LogP contribution in [0.25, 0.3) is 0 Å². The molecule has 0 aliphatic heterocycles. The van der Waals surface area contributed by atoms with Crippen molar-refractivity contribution in [3.8, 4) is 0 Å². The van der Waals surface area contributed by atoms with Gasteiger partial charge in [0.05, 0.1) is 20.8 Å². The maximum Gasteiger partial charge on any atom is 0.325 e. The third kappa shape index (κ3) is 3.16. The summed E-state index contributed by atoms with van der Waals surface area (Å²) in [6, 6.07) is 8.50. The van der Waals surface area contributed by atoms with E-state index in [9.17, 15) is 30.3 Å². The molecule has 2 rings (SSSR count). The smallest absolute Gasteiger partial charge is 0.325 e. The molecule has 1 N–H and O–H groups in total. The lowest BCUT2D eigenvalue weighted by molar-refractivity contribution is -0.401. The summed E-state index contributed by atoms with van der Waals surface area (Å²) in [6.45, 7) is 0. The van der Waals surface area contributed by atoms with Gasteiger partial charge < -0.3 is 5.32 Å². The predicted molar refractivity (Wildman–Crippen MR) is 81.1 cm³/mol. The Balaban J connectivity index is 2.76. The summed E-state index contributed by atoms with van der Waals surface area (Å²) in [6.07, 6.45) is 0. The highest BCUT2D eigenvalue weighted by atomic mass is 35.5. The minimum absolute atomic E-state index is 0.323. The predicted octanol–water partition coefficient (Wildman–Crippen LogP) is 3.81. The van der Waals surface area contributed by atoms with Crippen molar-refractivity contribution in [3.05, 3.63) is 71.8 Å². The van der Waals surface area contributed by atoms with Crippen molar-refractivity contribution in [2.45, 2.75) is 0 Å². The van der Waals surface area contributed by atoms with Gasteiger partial charge in [-0.05, 0) is 12.1 Å². The Bertz CT molecular complexity index is 811. The summed E-state index contributed by atoms with van der Waals surface area (Å²) >= 11 is 5.70. The molecule has 2 aromatic rings. The number of nitrogens with zero attached hydrogens (tertiary/aromatic N) is 3. The van der Waals surface area contributed by atoms with Crippen LogP contribution in [0.4, 0.5) is 28.4 Å². The molecule has 0 unspecified atom stereocenters. The van der Waals surface area contributed by atoms with Crippen molar-refractivity contribution in [1.29, 1.82) is 0 Å². The molecule has 118 valence electrons. The number of para-hydroxylation sites is 1. The molecule has 0 fully saturated rings. The topological polar surface area (TPSA) is 141 Å². The third-order valence-electron chi connectivity index (χ3n) is 2.82. The first kappa shape index (κ1) is 16.1. The largest absolute Gasteiger partial charge is 0.344 e. The Morgan fingerprint density at radius 3 is 1.91 bits per heavy atom. The van der Waals surface area contributed by atoms with Crippen LogP contribution in [0.5, 0.6) is 0 Å². The van der Waals surface area contributed by atoms with Gasteiger partial charge in [0.15, 0.2) is 10.7 Å². The minimum Gasteiger partial charge on any atom is -0.344 e. The van der Waals surface area contributed by atoms with Crippen LogP contribution in [-0.4, -0.2) is 14.8 Å². The van der Waals surface area contributed by atoms with Crippen molar-refractivity contribution < 1.29 is 14.8 Å². The summed E-state index contributed by atoms with van der Waals surface area (Å²) in [4.78, 5) is 30.3. The second-order valence-corrected chi connectivity index (χ2v) is 4.59. The fraction of sp³-hybridized carbons (Fsp3) is 0. The Kier molecular flexibility index (Phi) is 4.37. The van der Waals surface area contributed by atoms with Crippen LogP contribution in [0, 0.1) is 30.3 Å². The first-order valence-corrected chi connectivity index (χ1v) is 6.32. The lowest BCUT2D eigenvalue weighted by Gasteiger charge is -2.09. The highest BCUT2D eigenvalue weighted by Crippen LogP contribution is 2.46. The van der Waals surface area contributed by atoms with Gasteiger partial charge in [-0.3, -0.25) is 30.3 Å². The van der Waals surface area contributed by atoms with Gasteiger partial charge in [0.25, 0.3) is 0 Å². The standard InChI is InChI=1S/C12H7ClN4O6/c13-10-8(15(18)19)6-9(16(20)21)11(12(10)17(22)23)14-7-4-2-1-3-5-7/h1-6,14H. The van der Waals surface area contributed by atoms with Crippen LogP contribution < -0.4 is 5.32 Å². The normalized spacial score (nSPS) is 10.1. The highest BCUT2D eigenvalue weighted by molar-refractivity contribution is 6.35. The number of anilines is 2. The zero-order valence-corrected chi connectivity index (χ0v) is 11.9. The zero-order valence-electron chi connectivity index (χ0n) is 11.1. The molecule has 0 aromatic heterocycles. The van der Waals surface area contributed by atoms with Crippen LogP contribution in [0.3, 0.4) is 0 Å². The average molecular weight is 339 g/mol. The molecule has 0 aliphatic rings. The number of benzene rings is 2. The van der Waals surface area contributed by atoms with E-state index in [1.54, 1.807) is 18.2 Å². The first-order chi connectivity index (χ1) is 10.8. The maximum absolute atomic E-state index is 11.2. The van der Waals surface area contributed by atoms with Gasteiger partial charge in [0, 0.05) is 5.69 Å². The summed E-state index contributed by atoms with van der Waals surface area (Å²) in [5.74, 6) is 0. The quantitative estimate of drug-likeness (QED) is 0.645. The Morgan fingerprint density at radius 1 is 0.870 bits per heavy atom. The summed E-state index contributed by atoms with van der Waals surface area (Å²) in [7, 11) is 0. The molecule has 0 atom stereocenters. The summed E-state index contributed by atoms with van der Waals surface area (Å²) < 4.78 is 0. The molecule has 0 spiro atoms. The van der Waals surface area contributed by atoms with E-state index in [1.807, 2.05) is 0 Å². The van der Waals surface area contributed by atoms with E-state index in [1.165, 1.54) is 12.1 Å². The van der Waals surface area contributed by atoms with Crippen LogP contribution in [0.1, 0.15) is 0 Å². The van der Waals surface area contributed by atoms with Gasteiger partial charge in [0.2, 0.25) is 0 Å². The Morgan fingerprint density at radius 2 is 1.43 bits per heavy atom. The van der Waals surface area contributed by atoms with Gasteiger partial charge in [-0.1, -0.05) is 29.8 Å². The molecular weight excluding hydrogens is 332 g/mol. The third-order valence-corrected chi connectivity index (χ3v) is 3.19. The number of halogens is 1. The molecule has 2 aromatic carbocycles. The van der Waals surface area contributed by atoms with Crippen molar-refractivity contribution in [1.82, 2.24) is 0 Å². The lowest BCUT2D eigenvalue weighted by atomic mass is 10.2. The Hall–Kier alpha value is -3.27. The molecule has 10 nitrogen and oxygen atoms in total. The number of nitro groups is 3. The minimum atomic E-state index is -1.02. The number of rotatable bonds is 5. The molecule has 0 saturated carbocycles. The second-order valence-electron chi connectivity index (χ2n) is 4.21. The van der Waals surface area contributed by atoms with Gasteiger partial charge >= 0.3 is 17.1 Å². The molecule has 0 amide bonds. The lowest BCUT2D eigenvalue weighted by Crippen LogP contribution is -2.04. The van der Waals surface area contributed by atoms with Crippen LogP contribution >= 0.6 is 11.6 Å². The van der Waals surface area contributed by atoms with Crippen molar-refractivity contribution >= 4 is 40.0 Å². The van der Waals surface area contributed by atoms with E-state index in [0.29, 0.717) is 11.8 Å². The van der Waals surface area contributed by atoms with Crippen LogP contribution in [0.15, 0.2) is 36.4 Å². The number of hydrogen-bond acceptors (Lipinski definition) is 7. The first-order valence-electron chi connectivity index (χ1n) is 5.94. The number of nitrogens with one attached hydrogen (secondary N) is 1. The van der Waals surface area contributed by atoms with E-state index in [-0.39, 0.29) is 0 Å². The van der Waals surface area contributed by atoms with E-state index in [2.05, 4.69) is 5.32 Å². The van der Waals surface area contributed by atoms with Crippen LogP contribution in [-0.2, 0) is 0 Å². The van der Waals surface area contributed by atoms with Crippen molar-refractivity contribution in [2.75, 3.05) is 5.32 Å². The molecule has 0 radical (unpaired) electrons. The Labute approximate surface area is 132 Å². The zero-order chi connectivity index (χ0) is 17.1. The average Bonchev–Trinajstić information content (AvgIpc) is 2.47. The highest BCUT2D eigenvalue weighted by Gasteiger charge is 2.36. The van der Waals surface area contributed by atoms with E-state index >= 15 is 0 Å². The van der Waals surface area contributed by atoms with E-state index < -0.39 is 42.5 Å². The molecule has 0 heterocycles. The summed E-state index contributed by atoms with van der Waals surface area (Å²) in [5.41, 5.74) is -2.87. The molecule has 0 bridgehead atoms. The van der Waals surface area contributed by atoms with Crippen LogP contribution in [0.2, 0.25) is 5.02 Å². The monoisotopic (exact) mass is 338 g/mol. The number of nitro benzene ring substituents is 3. The number of hydrogen-bond donors (Lipinski definition) is 1.